The Bertz CT molecular complexity index is 536. The van der Waals surface area contributed by atoms with Gasteiger partial charge in [-0.25, -0.2) is 0 Å². The molecule has 2 heterocycles. The standard InChI is InChI=1S/C15H18N2O/c18-14-7-3-9-17(11-14)10-13-5-1-4-12-6-2-8-16-15(12)13/h1-2,4-6,8,14,18H,3,7,9-11H2. The first kappa shape index (κ1) is 11.6. The normalized spacial score (nSPS) is 21.3. The first-order chi connectivity index (χ1) is 8.83. The number of rotatable bonds is 2. The van der Waals surface area contributed by atoms with E-state index in [2.05, 4.69) is 34.1 Å². The first-order valence-corrected chi connectivity index (χ1v) is 6.56. The zero-order valence-corrected chi connectivity index (χ0v) is 10.4. The molecule has 1 fully saturated rings. The van der Waals surface area contributed by atoms with E-state index >= 15 is 0 Å². The molecule has 1 saturated heterocycles. The molecule has 1 aliphatic heterocycles. The summed E-state index contributed by atoms with van der Waals surface area (Å²) in [7, 11) is 0. The van der Waals surface area contributed by atoms with E-state index in [1.165, 1.54) is 10.9 Å². The van der Waals surface area contributed by atoms with E-state index in [4.69, 9.17) is 0 Å². The second-order valence-corrected chi connectivity index (χ2v) is 5.02. The van der Waals surface area contributed by atoms with Crippen LogP contribution in [-0.4, -0.2) is 34.2 Å². The smallest absolute Gasteiger partial charge is 0.0746 e. The molecule has 0 spiro atoms. The Kier molecular flexibility index (Phi) is 3.26. The van der Waals surface area contributed by atoms with Gasteiger partial charge in [-0.3, -0.25) is 9.88 Å². The minimum absolute atomic E-state index is 0.165. The van der Waals surface area contributed by atoms with Crippen LogP contribution in [0.25, 0.3) is 10.9 Å². The summed E-state index contributed by atoms with van der Waals surface area (Å²) >= 11 is 0. The number of aromatic nitrogens is 1. The molecule has 1 aromatic heterocycles. The van der Waals surface area contributed by atoms with Gasteiger partial charge in [-0.15, -0.1) is 0 Å². The Morgan fingerprint density at radius 1 is 1.28 bits per heavy atom. The van der Waals surface area contributed by atoms with Crippen LogP contribution in [0.4, 0.5) is 0 Å². The Labute approximate surface area is 107 Å². The van der Waals surface area contributed by atoms with Gasteiger partial charge < -0.3 is 5.11 Å². The second-order valence-electron chi connectivity index (χ2n) is 5.02. The summed E-state index contributed by atoms with van der Waals surface area (Å²) in [6.07, 6.45) is 3.70. The summed E-state index contributed by atoms with van der Waals surface area (Å²) in [5.41, 5.74) is 2.34. The lowest BCUT2D eigenvalue weighted by Gasteiger charge is -2.30. The highest BCUT2D eigenvalue weighted by Gasteiger charge is 2.18. The lowest BCUT2D eigenvalue weighted by Crippen LogP contribution is -2.37. The number of hydrogen-bond donors (Lipinski definition) is 1. The maximum atomic E-state index is 9.71. The molecule has 1 N–H and O–H groups in total. The monoisotopic (exact) mass is 242 g/mol. The number of aliphatic hydroxyl groups is 1. The van der Waals surface area contributed by atoms with Gasteiger partial charge in [-0.1, -0.05) is 24.3 Å². The number of likely N-dealkylation sites (tertiary alicyclic amines) is 1. The molecule has 1 atom stereocenters. The Morgan fingerprint density at radius 3 is 3.06 bits per heavy atom. The number of para-hydroxylation sites is 1. The van der Waals surface area contributed by atoms with E-state index in [0.29, 0.717) is 0 Å². The fourth-order valence-corrected chi connectivity index (χ4v) is 2.71. The molecule has 0 radical (unpaired) electrons. The summed E-state index contributed by atoms with van der Waals surface area (Å²) in [5.74, 6) is 0. The van der Waals surface area contributed by atoms with Crippen molar-refractivity contribution in [2.45, 2.75) is 25.5 Å². The molecule has 0 saturated carbocycles. The van der Waals surface area contributed by atoms with Crippen molar-refractivity contribution < 1.29 is 5.11 Å². The fraction of sp³-hybridized carbons (Fsp3) is 0.400. The molecule has 2 aromatic rings. The molecule has 3 heteroatoms. The molecular formula is C15H18N2O. The SMILES string of the molecule is OC1CCCN(Cc2cccc3cccnc23)C1. The molecule has 1 unspecified atom stereocenters. The van der Waals surface area contributed by atoms with Crippen LogP contribution in [-0.2, 0) is 6.54 Å². The van der Waals surface area contributed by atoms with E-state index in [9.17, 15) is 5.11 Å². The van der Waals surface area contributed by atoms with Crippen molar-refractivity contribution in [3.05, 3.63) is 42.1 Å². The summed E-state index contributed by atoms with van der Waals surface area (Å²) in [4.78, 5) is 6.79. The topological polar surface area (TPSA) is 36.4 Å². The van der Waals surface area contributed by atoms with Gasteiger partial charge in [0.05, 0.1) is 11.6 Å². The quantitative estimate of drug-likeness (QED) is 0.877. The van der Waals surface area contributed by atoms with Crippen molar-refractivity contribution in [3.8, 4) is 0 Å². The molecule has 3 rings (SSSR count). The summed E-state index contributed by atoms with van der Waals surface area (Å²) in [5, 5.41) is 10.9. The average molecular weight is 242 g/mol. The molecule has 18 heavy (non-hydrogen) atoms. The minimum atomic E-state index is -0.165. The van der Waals surface area contributed by atoms with Crippen LogP contribution in [0.15, 0.2) is 36.5 Å². The van der Waals surface area contributed by atoms with Gasteiger partial charge in [-0.05, 0) is 31.0 Å². The molecule has 1 aromatic carbocycles. The number of β-amino-alcohol motifs (C(OH)–C–C–N with tert-alkyl or cyclic N) is 1. The number of nitrogens with zero attached hydrogens (tertiary/aromatic N) is 2. The van der Waals surface area contributed by atoms with Crippen LogP contribution in [0, 0.1) is 0 Å². The van der Waals surface area contributed by atoms with E-state index < -0.39 is 0 Å². The van der Waals surface area contributed by atoms with Crippen LogP contribution in [0.1, 0.15) is 18.4 Å². The van der Waals surface area contributed by atoms with Gasteiger partial charge in [0.1, 0.15) is 0 Å². The lowest BCUT2D eigenvalue weighted by molar-refractivity contribution is 0.0670. The van der Waals surface area contributed by atoms with Crippen molar-refractivity contribution >= 4 is 10.9 Å². The molecule has 0 amide bonds. The van der Waals surface area contributed by atoms with Gasteiger partial charge in [0, 0.05) is 24.7 Å². The highest BCUT2D eigenvalue weighted by Crippen LogP contribution is 2.19. The van der Waals surface area contributed by atoms with E-state index in [1.807, 2.05) is 12.3 Å². The molecular weight excluding hydrogens is 224 g/mol. The van der Waals surface area contributed by atoms with Gasteiger partial charge in [0.25, 0.3) is 0 Å². The van der Waals surface area contributed by atoms with Crippen molar-refractivity contribution in [2.24, 2.45) is 0 Å². The first-order valence-electron chi connectivity index (χ1n) is 6.56. The number of hydrogen-bond acceptors (Lipinski definition) is 3. The van der Waals surface area contributed by atoms with Crippen molar-refractivity contribution in [1.82, 2.24) is 9.88 Å². The number of benzene rings is 1. The molecule has 94 valence electrons. The van der Waals surface area contributed by atoms with Gasteiger partial charge in [0.2, 0.25) is 0 Å². The minimum Gasteiger partial charge on any atom is -0.392 e. The predicted molar refractivity (Wildman–Crippen MR) is 72.3 cm³/mol. The van der Waals surface area contributed by atoms with Gasteiger partial charge in [0.15, 0.2) is 0 Å². The summed E-state index contributed by atoms with van der Waals surface area (Å²) in [6, 6.07) is 10.4. The molecule has 0 aliphatic carbocycles. The van der Waals surface area contributed by atoms with E-state index in [-0.39, 0.29) is 6.10 Å². The number of fused-ring (bicyclic) bond motifs is 1. The predicted octanol–water partition coefficient (Wildman–Crippen LogP) is 2.19. The Hall–Kier alpha value is -1.45. The van der Waals surface area contributed by atoms with Crippen molar-refractivity contribution in [3.63, 3.8) is 0 Å². The van der Waals surface area contributed by atoms with Crippen molar-refractivity contribution in [1.29, 1.82) is 0 Å². The maximum Gasteiger partial charge on any atom is 0.0746 e. The van der Waals surface area contributed by atoms with Gasteiger partial charge >= 0.3 is 0 Å². The number of pyridine rings is 1. The van der Waals surface area contributed by atoms with Crippen LogP contribution < -0.4 is 0 Å². The number of aliphatic hydroxyl groups excluding tert-OH is 1. The van der Waals surface area contributed by atoms with Gasteiger partial charge in [-0.2, -0.15) is 0 Å². The van der Waals surface area contributed by atoms with E-state index in [0.717, 1.165) is 38.0 Å². The van der Waals surface area contributed by atoms with Crippen molar-refractivity contribution in [2.75, 3.05) is 13.1 Å². The zero-order chi connectivity index (χ0) is 12.4. The molecule has 0 bridgehead atoms. The molecule has 1 aliphatic rings. The third-order valence-electron chi connectivity index (χ3n) is 3.59. The Morgan fingerprint density at radius 2 is 2.17 bits per heavy atom. The maximum absolute atomic E-state index is 9.71. The van der Waals surface area contributed by atoms with Crippen LogP contribution in [0.3, 0.4) is 0 Å². The van der Waals surface area contributed by atoms with Crippen LogP contribution >= 0.6 is 0 Å². The lowest BCUT2D eigenvalue weighted by atomic mass is 10.1. The second kappa shape index (κ2) is 5.04. The highest BCUT2D eigenvalue weighted by atomic mass is 16.3. The van der Waals surface area contributed by atoms with E-state index in [1.54, 1.807) is 0 Å². The summed E-state index contributed by atoms with van der Waals surface area (Å²) in [6.45, 7) is 2.73. The summed E-state index contributed by atoms with van der Waals surface area (Å²) < 4.78 is 0. The zero-order valence-electron chi connectivity index (χ0n) is 10.4. The van der Waals surface area contributed by atoms with Crippen LogP contribution in [0.5, 0.6) is 0 Å². The highest BCUT2D eigenvalue weighted by molar-refractivity contribution is 5.81. The van der Waals surface area contributed by atoms with Crippen LogP contribution in [0.2, 0.25) is 0 Å². The largest absolute Gasteiger partial charge is 0.392 e. The Balaban J connectivity index is 1.86. The number of piperidine rings is 1. The average Bonchev–Trinajstić information content (AvgIpc) is 2.39. The fourth-order valence-electron chi connectivity index (χ4n) is 2.71. The molecule has 3 nitrogen and oxygen atoms in total. The third kappa shape index (κ3) is 2.37. The third-order valence-corrected chi connectivity index (χ3v) is 3.59.